The summed E-state index contributed by atoms with van der Waals surface area (Å²) >= 11 is 0. The van der Waals surface area contributed by atoms with Crippen LogP contribution in [0.2, 0.25) is 0 Å². The van der Waals surface area contributed by atoms with E-state index in [1.54, 1.807) is 6.07 Å². The van der Waals surface area contributed by atoms with Crippen LogP contribution in [0, 0.1) is 0 Å². The summed E-state index contributed by atoms with van der Waals surface area (Å²) in [4.78, 5) is 0. The molecule has 78 valence electrons. The number of furan rings is 1. The van der Waals surface area contributed by atoms with E-state index in [4.69, 9.17) is 19.0 Å². The van der Waals surface area contributed by atoms with Gasteiger partial charge in [0.1, 0.15) is 25.2 Å². The maximum Gasteiger partial charge on any atom is 0.157 e. The van der Waals surface area contributed by atoms with E-state index in [9.17, 15) is 0 Å². The first-order valence-corrected chi connectivity index (χ1v) is 4.81. The maximum atomic E-state index is 8.76. The molecule has 14 heavy (non-hydrogen) atoms. The van der Waals surface area contributed by atoms with Crippen LogP contribution in [-0.4, -0.2) is 24.4 Å². The van der Waals surface area contributed by atoms with Gasteiger partial charge in [0, 0.05) is 12.7 Å². The Morgan fingerprint density at radius 1 is 1.57 bits per heavy atom. The first-order chi connectivity index (χ1) is 6.88. The summed E-state index contributed by atoms with van der Waals surface area (Å²) in [7, 11) is 0. The standard InChI is InChI=1S/C10H14O4/c11-5-9-4-10(7-13-9)14-6-8-2-1-3-12-8/h4,7-8,11H,1-3,5-6H2. The van der Waals surface area contributed by atoms with Crippen molar-refractivity contribution in [3.8, 4) is 5.75 Å². The average Bonchev–Trinajstić information content (AvgIpc) is 2.86. The van der Waals surface area contributed by atoms with Gasteiger partial charge in [-0.05, 0) is 12.8 Å². The lowest BCUT2D eigenvalue weighted by Gasteiger charge is -2.08. The zero-order chi connectivity index (χ0) is 9.80. The van der Waals surface area contributed by atoms with E-state index in [0.29, 0.717) is 18.1 Å². The normalized spacial score (nSPS) is 21.4. The first kappa shape index (κ1) is 9.55. The number of hydrogen-bond donors (Lipinski definition) is 1. The van der Waals surface area contributed by atoms with Crippen molar-refractivity contribution in [3.05, 3.63) is 18.1 Å². The SMILES string of the molecule is OCc1cc(OCC2CCCO2)co1. The van der Waals surface area contributed by atoms with Gasteiger partial charge in [-0.1, -0.05) is 0 Å². The van der Waals surface area contributed by atoms with Crippen molar-refractivity contribution in [3.63, 3.8) is 0 Å². The molecule has 1 saturated heterocycles. The molecule has 1 fully saturated rings. The minimum Gasteiger partial charge on any atom is -0.488 e. The van der Waals surface area contributed by atoms with Crippen LogP contribution in [0.5, 0.6) is 5.75 Å². The zero-order valence-corrected chi connectivity index (χ0v) is 7.94. The van der Waals surface area contributed by atoms with E-state index in [1.807, 2.05) is 0 Å². The van der Waals surface area contributed by atoms with E-state index < -0.39 is 0 Å². The minimum atomic E-state index is -0.0940. The number of aliphatic hydroxyl groups excluding tert-OH is 1. The van der Waals surface area contributed by atoms with Crippen molar-refractivity contribution >= 4 is 0 Å². The lowest BCUT2D eigenvalue weighted by molar-refractivity contribution is 0.0677. The van der Waals surface area contributed by atoms with Gasteiger partial charge in [0.15, 0.2) is 5.75 Å². The molecule has 2 heterocycles. The second-order valence-electron chi connectivity index (χ2n) is 3.35. The fraction of sp³-hybridized carbons (Fsp3) is 0.600. The number of rotatable bonds is 4. The van der Waals surface area contributed by atoms with Crippen LogP contribution in [0.1, 0.15) is 18.6 Å². The van der Waals surface area contributed by atoms with Crippen LogP contribution < -0.4 is 4.74 Å². The summed E-state index contributed by atoms with van der Waals surface area (Å²) in [6.07, 6.45) is 3.88. The Morgan fingerprint density at radius 2 is 2.50 bits per heavy atom. The van der Waals surface area contributed by atoms with Crippen molar-refractivity contribution in [2.75, 3.05) is 13.2 Å². The van der Waals surface area contributed by atoms with Crippen LogP contribution in [-0.2, 0) is 11.3 Å². The zero-order valence-electron chi connectivity index (χ0n) is 7.94. The van der Waals surface area contributed by atoms with Gasteiger partial charge in [-0.3, -0.25) is 0 Å². The molecule has 0 aromatic carbocycles. The van der Waals surface area contributed by atoms with Crippen molar-refractivity contribution in [1.29, 1.82) is 0 Å². The predicted octanol–water partition coefficient (Wildman–Crippen LogP) is 1.33. The molecule has 0 saturated carbocycles. The van der Waals surface area contributed by atoms with Crippen molar-refractivity contribution in [2.24, 2.45) is 0 Å². The summed E-state index contributed by atoms with van der Waals surface area (Å²) in [6, 6.07) is 1.69. The molecule has 0 spiro atoms. The Bertz CT molecular complexity index is 275. The summed E-state index contributed by atoms with van der Waals surface area (Å²) < 4.78 is 15.9. The third-order valence-corrected chi connectivity index (χ3v) is 2.25. The molecule has 4 nitrogen and oxygen atoms in total. The van der Waals surface area contributed by atoms with Crippen LogP contribution in [0.25, 0.3) is 0 Å². The largest absolute Gasteiger partial charge is 0.488 e. The molecule has 2 rings (SSSR count). The maximum absolute atomic E-state index is 8.76. The smallest absolute Gasteiger partial charge is 0.157 e. The fourth-order valence-electron chi connectivity index (χ4n) is 1.48. The van der Waals surface area contributed by atoms with Crippen molar-refractivity contribution in [1.82, 2.24) is 0 Å². The second-order valence-corrected chi connectivity index (χ2v) is 3.35. The highest BCUT2D eigenvalue weighted by Gasteiger charge is 2.16. The minimum absolute atomic E-state index is 0.0940. The molecule has 1 N–H and O–H groups in total. The van der Waals surface area contributed by atoms with Crippen LogP contribution in [0.4, 0.5) is 0 Å². The topological polar surface area (TPSA) is 51.8 Å². The average molecular weight is 198 g/mol. The highest BCUT2D eigenvalue weighted by Crippen LogP contribution is 2.18. The molecule has 1 unspecified atom stereocenters. The molecule has 0 radical (unpaired) electrons. The summed E-state index contributed by atoms with van der Waals surface area (Å²) in [5, 5.41) is 8.76. The quantitative estimate of drug-likeness (QED) is 0.793. The second kappa shape index (κ2) is 4.48. The monoisotopic (exact) mass is 198 g/mol. The van der Waals surface area contributed by atoms with Gasteiger partial charge in [0.2, 0.25) is 0 Å². The van der Waals surface area contributed by atoms with E-state index in [0.717, 1.165) is 19.4 Å². The van der Waals surface area contributed by atoms with E-state index in [2.05, 4.69) is 0 Å². The fourth-order valence-corrected chi connectivity index (χ4v) is 1.48. The molecular formula is C10H14O4. The molecule has 1 aliphatic rings. The van der Waals surface area contributed by atoms with Gasteiger partial charge in [-0.25, -0.2) is 0 Å². The lowest BCUT2D eigenvalue weighted by Crippen LogP contribution is -2.15. The number of aliphatic hydroxyl groups is 1. The molecule has 0 aliphatic carbocycles. The van der Waals surface area contributed by atoms with Gasteiger partial charge in [-0.2, -0.15) is 0 Å². The molecule has 0 amide bonds. The molecular weight excluding hydrogens is 184 g/mol. The van der Waals surface area contributed by atoms with Crippen LogP contribution >= 0.6 is 0 Å². The van der Waals surface area contributed by atoms with E-state index in [1.165, 1.54) is 6.26 Å². The van der Waals surface area contributed by atoms with Crippen LogP contribution in [0.3, 0.4) is 0 Å². The molecule has 1 aromatic rings. The van der Waals surface area contributed by atoms with Crippen molar-refractivity contribution in [2.45, 2.75) is 25.6 Å². The van der Waals surface area contributed by atoms with Crippen LogP contribution in [0.15, 0.2) is 16.7 Å². The molecule has 1 atom stereocenters. The highest BCUT2D eigenvalue weighted by molar-refractivity contribution is 5.18. The van der Waals surface area contributed by atoms with Gasteiger partial charge in [-0.15, -0.1) is 0 Å². The third-order valence-electron chi connectivity index (χ3n) is 2.25. The van der Waals surface area contributed by atoms with Gasteiger partial charge in [0.25, 0.3) is 0 Å². The van der Waals surface area contributed by atoms with Gasteiger partial charge >= 0.3 is 0 Å². The Morgan fingerprint density at radius 3 is 3.14 bits per heavy atom. The first-order valence-electron chi connectivity index (χ1n) is 4.81. The molecule has 1 aromatic heterocycles. The Balaban J connectivity index is 1.79. The predicted molar refractivity (Wildman–Crippen MR) is 49.1 cm³/mol. The number of hydrogen-bond acceptors (Lipinski definition) is 4. The molecule has 0 bridgehead atoms. The van der Waals surface area contributed by atoms with E-state index >= 15 is 0 Å². The summed E-state index contributed by atoms with van der Waals surface area (Å²) in [5.74, 6) is 1.18. The highest BCUT2D eigenvalue weighted by atomic mass is 16.5. The Hall–Kier alpha value is -1.00. The number of ether oxygens (including phenoxy) is 2. The lowest BCUT2D eigenvalue weighted by atomic mass is 10.2. The Labute approximate surface area is 82.4 Å². The molecule has 4 heteroatoms. The Kier molecular flexibility index (Phi) is 3.06. The summed E-state index contributed by atoms with van der Waals surface area (Å²) in [5.41, 5.74) is 0. The third kappa shape index (κ3) is 2.27. The molecule has 1 aliphatic heterocycles. The van der Waals surface area contributed by atoms with Crippen molar-refractivity contribution < 1.29 is 19.0 Å². The summed E-state index contributed by atoms with van der Waals surface area (Å²) in [6.45, 7) is 1.30. The van der Waals surface area contributed by atoms with E-state index in [-0.39, 0.29) is 12.7 Å². The van der Waals surface area contributed by atoms with Gasteiger partial charge in [0.05, 0.1) is 6.10 Å². The van der Waals surface area contributed by atoms with Gasteiger partial charge < -0.3 is 19.0 Å².